The number of sulfonamides is 1. The molecule has 0 spiro atoms. The van der Waals surface area contributed by atoms with Crippen molar-refractivity contribution in [2.24, 2.45) is 0 Å². The van der Waals surface area contributed by atoms with Gasteiger partial charge in [0.1, 0.15) is 5.69 Å². The molecule has 0 unspecified atom stereocenters. The molecule has 0 bridgehead atoms. The minimum atomic E-state index is -3.80. The van der Waals surface area contributed by atoms with Crippen LogP contribution in [0.1, 0.15) is 11.1 Å². The van der Waals surface area contributed by atoms with Gasteiger partial charge >= 0.3 is 0 Å². The van der Waals surface area contributed by atoms with Crippen LogP contribution in [0.5, 0.6) is 0 Å². The molecule has 2 aromatic carbocycles. The van der Waals surface area contributed by atoms with Crippen LogP contribution in [0.15, 0.2) is 65.8 Å². The number of piperazine rings is 1. The average Bonchev–Trinajstić information content (AvgIpc) is 3.26. The summed E-state index contributed by atoms with van der Waals surface area (Å²) >= 11 is 0. The van der Waals surface area contributed by atoms with E-state index < -0.39 is 14.9 Å². The molecular weight excluding hydrogens is 456 g/mol. The van der Waals surface area contributed by atoms with E-state index in [-0.39, 0.29) is 10.6 Å². The largest absolute Gasteiger partial charge is 0.365 e. The molecule has 1 saturated heterocycles. The Hall–Kier alpha value is -3.28. The molecule has 34 heavy (non-hydrogen) atoms. The van der Waals surface area contributed by atoms with Crippen molar-refractivity contribution in [2.45, 2.75) is 18.0 Å². The van der Waals surface area contributed by atoms with E-state index in [0.717, 1.165) is 17.2 Å². The lowest BCUT2D eigenvalue weighted by Crippen LogP contribution is -2.47. The number of nitro benzene ring substituents is 1. The highest BCUT2D eigenvalue weighted by Crippen LogP contribution is 2.32. The van der Waals surface area contributed by atoms with E-state index in [1.165, 1.54) is 16.4 Å². The van der Waals surface area contributed by atoms with E-state index in [2.05, 4.69) is 10.00 Å². The van der Waals surface area contributed by atoms with Crippen molar-refractivity contribution in [1.82, 2.24) is 19.0 Å². The third kappa shape index (κ3) is 5.27. The van der Waals surface area contributed by atoms with Gasteiger partial charge in [0.2, 0.25) is 10.0 Å². The maximum absolute atomic E-state index is 13.1. The first kappa shape index (κ1) is 23.9. The van der Waals surface area contributed by atoms with Crippen LogP contribution in [-0.2, 0) is 23.1 Å². The van der Waals surface area contributed by atoms with Crippen LogP contribution in [0, 0.1) is 10.1 Å². The van der Waals surface area contributed by atoms with Crippen molar-refractivity contribution < 1.29 is 13.3 Å². The maximum Gasteiger partial charge on any atom is 0.293 e. The van der Waals surface area contributed by atoms with Gasteiger partial charge in [0.05, 0.1) is 22.6 Å². The lowest BCUT2D eigenvalue weighted by Gasteiger charge is -2.31. The molecular formula is C23H28N6O4S. The number of hydrogen-bond donors (Lipinski definition) is 0. The van der Waals surface area contributed by atoms with Gasteiger partial charge in [-0.3, -0.25) is 14.8 Å². The normalized spacial score (nSPS) is 15.4. The van der Waals surface area contributed by atoms with Gasteiger partial charge in [-0.05, 0) is 24.7 Å². The van der Waals surface area contributed by atoms with E-state index in [9.17, 15) is 18.5 Å². The number of rotatable bonds is 8. The summed E-state index contributed by atoms with van der Waals surface area (Å²) in [7, 11) is -0.122. The van der Waals surface area contributed by atoms with Crippen LogP contribution in [0.2, 0.25) is 0 Å². The summed E-state index contributed by atoms with van der Waals surface area (Å²) < 4.78 is 29.3. The van der Waals surface area contributed by atoms with Crippen LogP contribution in [0.25, 0.3) is 0 Å². The molecule has 0 saturated carbocycles. The summed E-state index contributed by atoms with van der Waals surface area (Å²) in [5.41, 5.74) is 2.12. The van der Waals surface area contributed by atoms with E-state index in [0.29, 0.717) is 45.0 Å². The van der Waals surface area contributed by atoms with Crippen LogP contribution in [-0.4, -0.2) is 72.6 Å². The fraction of sp³-hybridized carbons (Fsp3) is 0.348. The molecule has 3 aromatic rings. The van der Waals surface area contributed by atoms with E-state index in [1.807, 2.05) is 48.3 Å². The number of nitro groups is 1. The SMILES string of the molecule is CN1CCN(S(=O)(=O)c2ccc(N(C)Cc3cnn(Cc4ccccc4)c3)c([N+](=O)[O-])c2)CC1. The molecule has 11 heteroatoms. The first-order valence-corrected chi connectivity index (χ1v) is 12.4. The van der Waals surface area contributed by atoms with Crippen molar-refractivity contribution in [3.05, 3.63) is 82.2 Å². The summed E-state index contributed by atoms with van der Waals surface area (Å²) in [5, 5.41) is 16.2. The van der Waals surface area contributed by atoms with E-state index in [1.54, 1.807) is 18.1 Å². The number of likely N-dealkylation sites (N-methyl/N-ethyl adjacent to an activating group) is 1. The van der Waals surface area contributed by atoms with Crippen molar-refractivity contribution in [3.8, 4) is 0 Å². The second kappa shape index (κ2) is 9.92. The molecule has 1 fully saturated rings. The van der Waals surface area contributed by atoms with Crippen molar-refractivity contribution >= 4 is 21.4 Å². The Morgan fingerprint density at radius 1 is 1.06 bits per heavy atom. The molecule has 1 aliphatic heterocycles. The van der Waals surface area contributed by atoms with E-state index >= 15 is 0 Å². The molecule has 0 amide bonds. The highest BCUT2D eigenvalue weighted by molar-refractivity contribution is 7.89. The second-order valence-electron chi connectivity index (χ2n) is 8.50. The fourth-order valence-corrected chi connectivity index (χ4v) is 5.46. The fourth-order valence-electron chi connectivity index (χ4n) is 4.01. The van der Waals surface area contributed by atoms with Crippen molar-refractivity contribution in [3.63, 3.8) is 0 Å². The minimum Gasteiger partial charge on any atom is -0.365 e. The molecule has 0 aliphatic carbocycles. The summed E-state index contributed by atoms with van der Waals surface area (Å²) in [5.74, 6) is 0. The third-order valence-electron chi connectivity index (χ3n) is 5.95. The molecule has 10 nitrogen and oxygen atoms in total. The van der Waals surface area contributed by atoms with Gasteiger partial charge in [-0.2, -0.15) is 9.40 Å². The first-order valence-electron chi connectivity index (χ1n) is 11.0. The number of anilines is 1. The third-order valence-corrected chi connectivity index (χ3v) is 7.84. The standard InChI is InChI=1S/C23H28N6O4S/c1-25-10-12-28(13-11-25)34(32,33)21-8-9-22(23(14-21)29(30)31)26(2)16-20-15-24-27(18-20)17-19-6-4-3-5-7-19/h3-9,14-15,18H,10-13,16-17H2,1-2H3. The quantitative estimate of drug-likeness (QED) is 0.357. The van der Waals surface area contributed by atoms with Crippen LogP contribution in [0.4, 0.5) is 11.4 Å². The Bertz CT molecular complexity index is 1250. The van der Waals surface area contributed by atoms with E-state index in [4.69, 9.17) is 0 Å². The predicted octanol–water partition coefficient (Wildman–Crippen LogP) is 2.41. The summed E-state index contributed by atoms with van der Waals surface area (Å²) in [4.78, 5) is 15.0. The Labute approximate surface area is 199 Å². The van der Waals surface area contributed by atoms with Gasteiger partial charge in [-0.1, -0.05) is 30.3 Å². The lowest BCUT2D eigenvalue weighted by molar-refractivity contribution is -0.384. The molecule has 2 heterocycles. The molecule has 1 aliphatic rings. The minimum absolute atomic E-state index is 0.0587. The number of nitrogens with zero attached hydrogens (tertiary/aromatic N) is 6. The second-order valence-corrected chi connectivity index (χ2v) is 10.4. The summed E-state index contributed by atoms with van der Waals surface area (Å²) in [6.07, 6.45) is 3.64. The monoisotopic (exact) mass is 484 g/mol. The Balaban J connectivity index is 1.52. The first-order chi connectivity index (χ1) is 16.2. The molecule has 1 aromatic heterocycles. The van der Waals surface area contributed by atoms with Crippen molar-refractivity contribution in [1.29, 1.82) is 0 Å². The lowest BCUT2D eigenvalue weighted by atomic mass is 10.2. The van der Waals surface area contributed by atoms with Gasteiger partial charge in [0.15, 0.2) is 0 Å². The zero-order chi connectivity index (χ0) is 24.3. The molecule has 0 radical (unpaired) electrons. The van der Waals surface area contributed by atoms with Gasteiger partial charge in [0, 0.05) is 57.6 Å². The average molecular weight is 485 g/mol. The maximum atomic E-state index is 13.1. The molecule has 4 rings (SSSR count). The number of aromatic nitrogens is 2. The van der Waals surface area contributed by atoms with Crippen molar-refractivity contribution in [2.75, 3.05) is 45.2 Å². The Kier molecular flexibility index (Phi) is 6.96. The number of benzene rings is 2. The Morgan fingerprint density at radius 2 is 1.76 bits per heavy atom. The topological polar surface area (TPSA) is 105 Å². The molecule has 180 valence electrons. The smallest absolute Gasteiger partial charge is 0.293 e. The zero-order valence-corrected chi connectivity index (χ0v) is 20.1. The summed E-state index contributed by atoms with van der Waals surface area (Å²) in [6, 6.07) is 14.1. The van der Waals surface area contributed by atoms with Crippen LogP contribution < -0.4 is 4.90 Å². The van der Waals surface area contributed by atoms with Crippen LogP contribution in [0.3, 0.4) is 0 Å². The predicted molar refractivity (Wildman–Crippen MR) is 129 cm³/mol. The Morgan fingerprint density at radius 3 is 2.44 bits per heavy atom. The van der Waals surface area contributed by atoms with Gasteiger partial charge in [-0.25, -0.2) is 8.42 Å². The highest BCUT2D eigenvalue weighted by atomic mass is 32.2. The van der Waals surface area contributed by atoms with Gasteiger partial charge in [0.25, 0.3) is 5.69 Å². The zero-order valence-electron chi connectivity index (χ0n) is 19.2. The van der Waals surface area contributed by atoms with Gasteiger partial charge < -0.3 is 9.80 Å². The number of hydrogen-bond acceptors (Lipinski definition) is 7. The highest BCUT2D eigenvalue weighted by Gasteiger charge is 2.30. The summed E-state index contributed by atoms with van der Waals surface area (Å²) in [6.45, 7) is 2.99. The molecule has 0 N–H and O–H groups in total. The van der Waals surface area contributed by atoms with Gasteiger partial charge in [-0.15, -0.1) is 0 Å². The van der Waals surface area contributed by atoms with Crippen LogP contribution >= 0.6 is 0 Å². The molecule has 0 atom stereocenters.